The molecule has 0 radical (unpaired) electrons. The van der Waals surface area contributed by atoms with E-state index in [-0.39, 0.29) is 11.8 Å². The van der Waals surface area contributed by atoms with Crippen LogP contribution < -0.4 is 10.6 Å². The van der Waals surface area contributed by atoms with Crippen LogP contribution >= 0.6 is 0 Å². The molecule has 1 aromatic rings. The van der Waals surface area contributed by atoms with Crippen LogP contribution in [-0.4, -0.2) is 34.8 Å². The summed E-state index contributed by atoms with van der Waals surface area (Å²) in [6.45, 7) is 11.3. The summed E-state index contributed by atoms with van der Waals surface area (Å²) in [4.78, 5) is 27.2. The quantitative estimate of drug-likeness (QED) is 0.657. The van der Waals surface area contributed by atoms with E-state index in [1.165, 1.54) is 37.7 Å². The molecule has 1 saturated carbocycles. The van der Waals surface area contributed by atoms with Gasteiger partial charge in [0.05, 0.1) is 0 Å². The summed E-state index contributed by atoms with van der Waals surface area (Å²) < 4.78 is 0. The number of hydrogen-bond acceptors (Lipinski definition) is 3. The Balaban J connectivity index is 1.43. The zero-order valence-electron chi connectivity index (χ0n) is 20.0. The van der Waals surface area contributed by atoms with Gasteiger partial charge in [-0.2, -0.15) is 0 Å². The maximum atomic E-state index is 13.0. The Labute approximate surface area is 193 Å². The lowest BCUT2D eigenvalue weighted by molar-refractivity contribution is -0.126. The van der Waals surface area contributed by atoms with Crippen LogP contribution in [-0.2, 0) is 17.8 Å². The van der Waals surface area contributed by atoms with Crippen molar-refractivity contribution < 1.29 is 9.59 Å². The first-order valence-corrected chi connectivity index (χ1v) is 12.5. The fourth-order valence-electron chi connectivity index (χ4n) is 5.95. The summed E-state index contributed by atoms with van der Waals surface area (Å²) in [6.07, 6.45) is 8.78. The molecule has 174 valence electrons. The van der Waals surface area contributed by atoms with Gasteiger partial charge < -0.3 is 15.5 Å². The highest BCUT2D eigenvalue weighted by molar-refractivity contribution is 6.01. The highest BCUT2D eigenvalue weighted by Gasteiger charge is 2.38. The molecule has 1 saturated heterocycles. The van der Waals surface area contributed by atoms with Crippen molar-refractivity contribution in [3.63, 3.8) is 0 Å². The number of nitrogens with zero attached hydrogens (tertiary/aromatic N) is 1. The van der Waals surface area contributed by atoms with Crippen LogP contribution in [0.1, 0.15) is 87.2 Å². The van der Waals surface area contributed by atoms with Crippen molar-refractivity contribution in [2.24, 2.45) is 11.8 Å². The van der Waals surface area contributed by atoms with Gasteiger partial charge in [-0.15, -0.1) is 0 Å². The van der Waals surface area contributed by atoms with Crippen LogP contribution in [0.5, 0.6) is 0 Å². The minimum absolute atomic E-state index is 0.0149. The van der Waals surface area contributed by atoms with Gasteiger partial charge in [0.15, 0.2) is 0 Å². The number of allylic oxidation sites excluding steroid dienone is 1. The van der Waals surface area contributed by atoms with Crippen molar-refractivity contribution in [1.29, 1.82) is 0 Å². The molecule has 1 aromatic carbocycles. The first-order valence-electron chi connectivity index (χ1n) is 12.5. The first kappa shape index (κ1) is 23.0. The van der Waals surface area contributed by atoms with Crippen LogP contribution in [0.3, 0.4) is 0 Å². The van der Waals surface area contributed by atoms with E-state index in [4.69, 9.17) is 0 Å². The Kier molecular flexibility index (Phi) is 7.04. The molecule has 0 bridgehead atoms. The van der Waals surface area contributed by atoms with Gasteiger partial charge in [-0.25, -0.2) is 0 Å². The molecule has 4 rings (SSSR count). The third-order valence-corrected chi connectivity index (χ3v) is 7.43. The number of amides is 2. The lowest BCUT2D eigenvalue weighted by Gasteiger charge is -2.35. The van der Waals surface area contributed by atoms with E-state index in [1.54, 1.807) is 4.90 Å². The second-order valence-electron chi connectivity index (χ2n) is 10.6. The second kappa shape index (κ2) is 9.78. The molecular formula is C27H39N3O2. The molecule has 2 aliphatic heterocycles. The maximum Gasteiger partial charge on any atom is 0.255 e. The number of rotatable bonds is 7. The summed E-state index contributed by atoms with van der Waals surface area (Å²) in [5.41, 5.74) is 3.89. The predicted molar refractivity (Wildman–Crippen MR) is 128 cm³/mol. The molecule has 4 atom stereocenters. The summed E-state index contributed by atoms with van der Waals surface area (Å²) in [5.74, 6) is 1.23. The molecule has 3 aliphatic rings. The maximum absolute atomic E-state index is 13.0. The van der Waals surface area contributed by atoms with Crippen molar-refractivity contribution >= 4 is 11.8 Å². The Morgan fingerprint density at radius 1 is 1.16 bits per heavy atom. The fourth-order valence-corrected chi connectivity index (χ4v) is 5.95. The lowest BCUT2D eigenvalue weighted by atomic mass is 9.80. The molecule has 5 nitrogen and oxygen atoms in total. The van der Waals surface area contributed by atoms with Crippen molar-refractivity contribution in [3.05, 3.63) is 47.2 Å². The van der Waals surface area contributed by atoms with Crippen molar-refractivity contribution in [3.8, 4) is 0 Å². The van der Waals surface area contributed by atoms with Crippen LogP contribution in [0.25, 0.3) is 0 Å². The van der Waals surface area contributed by atoms with Crippen LogP contribution in [0.2, 0.25) is 0 Å². The zero-order valence-corrected chi connectivity index (χ0v) is 20.0. The minimum atomic E-state index is -0.391. The molecule has 2 unspecified atom stereocenters. The molecular weight excluding hydrogens is 398 g/mol. The Hall–Kier alpha value is -2.14. The van der Waals surface area contributed by atoms with E-state index in [0.717, 1.165) is 29.7 Å². The van der Waals surface area contributed by atoms with Crippen LogP contribution in [0.15, 0.2) is 30.5 Å². The third kappa shape index (κ3) is 5.09. The molecule has 2 fully saturated rings. The van der Waals surface area contributed by atoms with Gasteiger partial charge in [-0.3, -0.25) is 9.59 Å². The number of piperidine rings is 1. The SMILES string of the molecule is C=C1CCC(N2Cc3cc(C[C@H]4CCCC[C@@H]4NC(C)CC(C)C)ccc3C2=O)C(=O)N1. The largest absolute Gasteiger partial charge is 0.329 e. The summed E-state index contributed by atoms with van der Waals surface area (Å²) in [6, 6.07) is 7.06. The van der Waals surface area contributed by atoms with Crippen LogP contribution in [0.4, 0.5) is 0 Å². The van der Waals surface area contributed by atoms with Gasteiger partial charge in [-0.1, -0.05) is 45.4 Å². The monoisotopic (exact) mass is 437 g/mol. The van der Waals surface area contributed by atoms with E-state index in [9.17, 15) is 9.59 Å². The van der Waals surface area contributed by atoms with Gasteiger partial charge in [0, 0.05) is 29.9 Å². The number of nitrogens with one attached hydrogen (secondary N) is 2. The molecule has 2 amide bonds. The fraction of sp³-hybridized carbons (Fsp3) is 0.630. The average Bonchev–Trinajstić information content (AvgIpc) is 3.04. The van der Waals surface area contributed by atoms with Crippen molar-refractivity contribution in [2.75, 3.05) is 0 Å². The molecule has 1 aliphatic carbocycles. The van der Waals surface area contributed by atoms with Gasteiger partial charge >= 0.3 is 0 Å². The number of benzene rings is 1. The number of carbonyl (C=O) groups is 2. The lowest BCUT2D eigenvalue weighted by Crippen LogP contribution is -2.49. The normalized spacial score (nSPS) is 26.9. The topological polar surface area (TPSA) is 61.4 Å². The Morgan fingerprint density at radius 2 is 1.94 bits per heavy atom. The molecule has 32 heavy (non-hydrogen) atoms. The number of carbonyl (C=O) groups excluding carboxylic acids is 2. The van der Waals surface area contributed by atoms with Gasteiger partial charge in [0.25, 0.3) is 5.91 Å². The first-order chi connectivity index (χ1) is 15.3. The molecule has 0 spiro atoms. The highest BCUT2D eigenvalue weighted by Crippen LogP contribution is 2.32. The molecule has 0 aromatic heterocycles. The Morgan fingerprint density at radius 3 is 2.69 bits per heavy atom. The average molecular weight is 438 g/mol. The minimum Gasteiger partial charge on any atom is -0.329 e. The smallest absolute Gasteiger partial charge is 0.255 e. The summed E-state index contributed by atoms with van der Waals surface area (Å²) in [5, 5.41) is 6.74. The Bertz CT molecular complexity index is 878. The van der Waals surface area contributed by atoms with Gasteiger partial charge in [-0.05, 0) is 74.5 Å². The van der Waals surface area contributed by atoms with E-state index in [0.29, 0.717) is 36.9 Å². The molecule has 2 N–H and O–H groups in total. The van der Waals surface area contributed by atoms with E-state index in [1.807, 2.05) is 6.07 Å². The van der Waals surface area contributed by atoms with Gasteiger partial charge in [0.2, 0.25) is 5.91 Å². The molecule has 2 heterocycles. The van der Waals surface area contributed by atoms with E-state index >= 15 is 0 Å². The number of hydrogen-bond donors (Lipinski definition) is 2. The number of fused-ring (bicyclic) bond motifs is 1. The van der Waals surface area contributed by atoms with Crippen LogP contribution in [0, 0.1) is 11.8 Å². The zero-order chi connectivity index (χ0) is 22.8. The third-order valence-electron chi connectivity index (χ3n) is 7.43. The standard InChI is InChI=1S/C27H39N3O2/c1-17(2)13-19(4)28-24-8-6-5-7-21(24)14-20-10-11-23-22(15-20)16-30(27(23)32)25-12-9-18(3)29-26(25)31/h10-11,15,17,19,21,24-25,28H,3,5-9,12-14,16H2,1-2,4H3,(H,29,31)/t19?,21-,24+,25?/m1/s1. The van der Waals surface area contributed by atoms with Gasteiger partial charge in [0.1, 0.15) is 6.04 Å². The highest BCUT2D eigenvalue weighted by atomic mass is 16.2. The van der Waals surface area contributed by atoms with Crippen molar-refractivity contribution in [2.45, 2.75) is 96.8 Å². The van der Waals surface area contributed by atoms with E-state index < -0.39 is 6.04 Å². The molecule has 5 heteroatoms. The predicted octanol–water partition coefficient (Wildman–Crippen LogP) is 4.56. The second-order valence-corrected chi connectivity index (χ2v) is 10.6. The van der Waals surface area contributed by atoms with E-state index in [2.05, 4.69) is 50.1 Å². The van der Waals surface area contributed by atoms with Crippen molar-refractivity contribution in [1.82, 2.24) is 15.5 Å². The summed E-state index contributed by atoms with van der Waals surface area (Å²) in [7, 11) is 0. The summed E-state index contributed by atoms with van der Waals surface area (Å²) >= 11 is 0.